The van der Waals surface area contributed by atoms with Crippen LogP contribution in [0.15, 0.2) is 22.7 Å². The summed E-state index contributed by atoms with van der Waals surface area (Å²) in [6.07, 6.45) is -0.395. The second-order valence-corrected chi connectivity index (χ2v) is 7.87. The highest BCUT2D eigenvalue weighted by Crippen LogP contribution is 2.29. The quantitative estimate of drug-likeness (QED) is 0.769. The molecular weight excluding hydrogens is 381 g/mol. The highest BCUT2D eigenvalue weighted by Gasteiger charge is 2.42. The van der Waals surface area contributed by atoms with Crippen molar-refractivity contribution in [1.82, 2.24) is 4.90 Å². The first-order valence-electron chi connectivity index (χ1n) is 7.72. The van der Waals surface area contributed by atoms with E-state index in [0.29, 0.717) is 4.47 Å². The normalized spacial score (nSPS) is 17.5. The van der Waals surface area contributed by atoms with E-state index < -0.39 is 28.9 Å². The van der Waals surface area contributed by atoms with E-state index in [9.17, 15) is 19.1 Å². The molecule has 5 nitrogen and oxygen atoms in total. The number of benzene rings is 1. The summed E-state index contributed by atoms with van der Waals surface area (Å²) in [6, 6.07) is 4.09. The third-order valence-corrected chi connectivity index (χ3v) is 4.33. The molecule has 1 heterocycles. The minimum atomic E-state index is -1.67. The molecule has 1 saturated heterocycles. The summed E-state index contributed by atoms with van der Waals surface area (Å²) >= 11 is 3.13. The SMILES string of the molecule is CC(C)(C)OC(=O)N1CCC(O)(C(=O)c2ccc(Br)cc2F)CC1. The highest BCUT2D eigenvalue weighted by molar-refractivity contribution is 9.10. The van der Waals surface area contributed by atoms with Crippen molar-refractivity contribution in [2.75, 3.05) is 13.1 Å². The number of rotatable bonds is 2. The lowest BCUT2D eigenvalue weighted by Gasteiger charge is -2.37. The molecular formula is C17H21BrFNO4. The van der Waals surface area contributed by atoms with E-state index >= 15 is 0 Å². The number of aliphatic hydroxyl groups is 1. The van der Waals surface area contributed by atoms with Crippen LogP contribution in [-0.4, -0.2) is 46.2 Å². The Morgan fingerprint density at radius 1 is 1.29 bits per heavy atom. The van der Waals surface area contributed by atoms with Crippen LogP contribution in [0.4, 0.5) is 9.18 Å². The van der Waals surface area contributed by atoms with Crippen LogP contribution in [0.3, 0.4) is 0 Å². The van der Waals surface area contributed by atoms with Gasteiger partial charge in [0.2, 0.25) is 0 Å². The Bertz CT molecular complexity index is 648. The second kappa shape index (κ2) is 6.80. The van der Waals surface area contributed by atoms with Gasteiger partial charge in [-0.3, -0.25) is 4.79 Å². The number of amides is 1. The summed E-state index contributed by atoms with van der Waals surface area (Å²) < 4.78 is 19.8. The summed E-state index contributed by atoms with van der Waals surface area (Å²) in [5, 5.41) is 10.6. The van der Waals surface area contributed by atoms with Gasteiger partial charge >= 0.3 is 6.09 Å². The highest BCUT2D eigenvalue weighted by atomic mass is 79.9. The van der Waals surface area contributed by atoms with Gasteiger partial charge in [0.15, 0.2) is 5.78 Å². The number of nitrogens with zero attached hydrogens (tertiary/aromatic N) is 1. The molecule has 1 aliphatic rings. The third kappa shape index (κ3) is 4.33. The number of carbonyl (C=O) groups excluding carboxylic acids is 2. The first-order chi connectivity index (χ1) is 11.0. The van der Waals surface area contributed by atoms with Crippen LogP contribution >= 0.6 is 15.9 Å². The minimum Gasteiger partial charge on any atom is -0.444 e. The van der Waals surface area contributed by atoms with E-state index in [0.717, 1.165) is 0 Å². The van der Waals surface area contributed by atoms with E-state index in [2.05, 4.69) is 15.9 Å². The first kappa shape index (κ1) is 18.9. The molecule has 132 valence electrons. The van der Waals surface area contributed by atoms with Crippen LogP contribution in [0.25, 0.3) is 0 Å². The molecule has 1 aromatic carbocycles. The molecule has 0 unspecified atom stereocenters. The molecule has 0 atom stereocenters. The van der Waals surface area contributed by atoms with Crippen molar-refractivity contribution in [3.05, 3.63) is 34.1 Å². The molecule has 1 N–H and O–H groups in total. The smallest absolute Gasteiger partial charge is 0.410 e. The van der Waals surface area contributed by atoms with Gasteiger partial charge in [-0.15, -0.1) is 0 Å². The van der Waals surface area contributed by atoms with Crippen molar-refractivity contribution >= 4 is 27.8 Å². The predicted octanol–water partition coefficient (Wildman–Crippen LogP) is 3.53. The number of ether oxygens (including phenoxy) is 1. The maximum absolute atomic E-state index is 14.0. The molecule has 1 aliphatic heterocycles. The molecule has 0 spiro atoms. The zero-order valence-corrected chi connectivity index (χ0v) is 15.5. The zero-order valence-electron chi connectivity index (χ0n) is 13.9. The number of carbonyl (C=O) groups is 2. The van der Waals surface area contributed by atoms with Gasteiger partial charge in [-0.1, -0.05) is 15.9 Å². The van der Waals surface area contributed by atoms with Crippen LogP contribution in [0, 0.1) is 5.82 Å². The summed E-state index contributed by atoms with van der Waals surface area (Å²) in [6.45, 7) is 5.66. The molecule has 0 aliphatic carbocycles. The molecule has 1 aromatic rings. The zero-order chi connectivity index (χ0) is 18.1. The fraction of sp³-hybridized carbons (Fsp3) is 0.529. The van der Waals surface area contributed by atoms with E-state index in [4.69, 9.17) is 4.74 Å². The minimum absolute atomic E-state index is 0.0422. The van der Waals surface area contributed by atoms with E-state index in [1.807, 2.05) is 0 Å². The van der Waals surface area contributed by atoms with Gasteiger partial charge in [-0.05, 0) is 39.0 Å². The molecule has 1 fully saturated rings. The van der Waals surface area contributed by atoms with E-state index in [1.165, 1.54) is 17.0 Å². The van der Waals surface area contributed by atoms with Gasteiger partial charge in [-0.2, -0.15) is 0 Å². The third-order valence-electron chi connectivity index (χ3n) is 3.84. The average molecular weight is 402 g/mol. The molecule has 0 aromatic heterocycles. The van der Waals surface area contributed by atoms with Crippen molar-refractivity contribution in [2.24, 2.45) is 0 Å². The molecule has 2 rings (SSSR count). The largest absolute Gasteiger partial charge is 0.444 e. The lowest BCUT2D eigenvalue weighted by molar-refractivity contribution is -0.0201. The fourth-order valence-corrected chi connectivity index (χ4v) is 2.87. The Kier molecular flexibility index (Phi) is 5.34. The Morgan fingerprint density at radius 3 is 2.38 bits per heavy atom. The lowest BCUT2D eigenvalue weighted by Crippen LogP contribution is -2.51. The van der Waals surface area contributed by atoms with Crippen molar-refractivity contribution in [2.45, 2.75) is 44.8 Å². The molecule has 7 heteroatoms. The number of Topliss-reactive ketones (excluding diaryl/α,β-unsaturated/α-hetero) is 1. The van der Waals surface area contributed by atoms with Crippen LogP contribution in [0.2, 0.25) is 0 Å². The maximum atomic E-state index is 14.0. The van der Waals surface area contributed by atoms with E-state index in [1.54, 1.807) is 26.8 Å². The van der Waals surface area contributed by atoms with Gasteiger partial charge in [0.05, 0.1) is 5.56 Å². The predicted molar refractivity (Wildman–Crippen MR) is 90.4 cm³/mol. The Morgan fingerprint density at radius 2 is 1.88 bits per heavy atom. The van der Waals surface area contributed by atoms with Crippen molar-refractivity contribution in [1.29, 1.82) is 0 Å². The van der Waals surface area contributed by atoms with Gasteiger partial charge in [0.1, 0.15) is 17.0 Å². The number of ketones is 1. The van der Waals surface area contributed by atoms with Gasteiger partial charge < -0.3 is 14.7 Å². The number of piperidine rings is 1. The second-order valence-electron chi connectivity index (χ2n) is 6.95. The Labute approximate surface area is 148 Å². The summed E-state index contributed by atoms with van der Waals surface area (Å²) in [5.41, 5.74) is -2.43. The van der Waals surface area contributed by atoms with E-state index in [-0.39, 0.29) is 31.5 Å². The topological polar surface area (TPSA) is 66.8 Å². The first-order valence-corrected chi connectivity index (χ1v) is 8.51. The number of hydrogen-bond donors (Lipinski definition) is 1. The van der Waals surface area contributed by atoms with Crippen LogP contribution in [0.1, 0.15) is 44.0 Å². The maximum Gasteiger partial charge on any atom is 0.410 e. The molecule has 1 amide bonds. The summed E-state index contributed by atoms with van der Waals surface area (Å²) in [7, 11) is 0. The monoisotopic (exact) mass is 401 g/mol. The number of halogens is 2. The van der Waals surface area contributed by atoms with Gasteiger partial charge in [0.25, 0.3) is 0 Å². The molecule has 0 bridgehead atoms. The number of hydrogen-bond acceptors (Lipinski definition) is 4. The molecule has 0 saturated carbocycles. The van der Waals surface area contributed by atoms with Crippen LogP contribution in [-0.2, 0) is 4.74 Å². The van der Waals surface area contributed by atoms with Crippen molar-refractivity contribution in [3.8, 4) is 0 Å². The van der Waals surface area contributed by atoms with Gasteiger partial charge in [-0.25, -0.2) is 9.18 Å². The fourth-order valence-electron chi connectivity index (χ4n) is 2.54. The Balaban J connectivity index is 2.06. The van der Waals surface area contributed by atoms with Crippen molar-refractivity contribution < 1.29 is 23.8 Å². The van der Waals surface area contributed by atoms with Gasteiger partial charge in [0, 0.05) is 30.4 Å². The molecule has 0 radical (unpaired) electrons. The standard InChI is InChI=1S/C17H21BrFNO4/c1-16(2,3)24-15(22)20-8-6-17(23,7-9-20)14(21)12-5-4-11(18)10-13(12)19/h4-5,10,23H,6-9H2,1-3H3. The number of likely N-dealkylation sites (tertiary alicyclic amines) is 1. The molecule has 24 heavy (non-hydrogen) atoms. The Hall–Kier alpha value is -1.47. The average Bonchev–Trinajstić information content (AvgIpc) is 2.45. The van der Waals surface area contributed by atoms with Crippen molar-refractivity contribution in [3.63, 3.8) is 0 Å². The van der Waals surface area contributed by atoms with Crippen LogP contribution < -0.4 is 0 Å². The summed E-state index contributed by atoms with van der Waals surface area (Å²) in [5.74, 6) is -1.34. The summed E-state index contributed by atoms with van der Waals surface area (Å²) in [4.78, 5) is 26.0. The lowest BCUT2D eigenvalue weighted by atomic mass is 9.84. The van der Waals surface area contributed by atoms with Crippen LogP contribution in [0.5, 0.6) is 0 Å².